The number of rotatable bonds is 3. The highest BCUT2D eigenvalue weighted by Gasteiger charge is 2.37. The fourth-order valence-corrected chi connectivity index (χ4v) is 3.31. The predicted octanol–water partition coefficient (Wildman–Crippen LogP) is 2.02. The minimum absolute atomic E-state index is 0.00826. The lowest BCUT2D eigenvalue weighted by Gasteiger charge is -2.25. The highest BCUT2D eigenvalue weighted by Crippen LogP contribution is 2.31. The molecule has 0 aliphatic carbocycles. The number of aromatic nitrogens is 4. The number of benzene rings is 1. The van der Waals surface area contributed by atoms with E-state index in [1.165, 1.54) is 0 Å². The number of hydrogen-bond donors (Lipinski definition) is 0. The van der Waals surface area contributed by atoms with Crippen LogP contribution in [0.25, 0.3) is 5.65 Å². The summed E-state index contributed by atoms with van der Waals surface area (Å²) >= 11 is 6.24. The topological polar surface area (TPSA) is 66.6 Å². The number of halogens is 1. The maximum atomic E-state index is 12.9. The van der Waals surface area contributed by atoms with Crippen molar-refractivity contribution < 1.29 is 4.79 Å². The first-order valence-corrected chi connectivity index (χ1v) is 7.97. The molecule has 1 aromatic carbocycles. The van der Waals surface area contributed by atoms with Crippen LogP contribution in [-0.2, 0) is 4.79 Å². The standard InChI is InChI=1S/C16H15ClN6O/c1-21(14-15-20-19-10-22(15)9-7-18-14)13-6-8-23(16(13)24)12-5-3-2-4-11(12)17/h2-5,7,9-10,13H,6,8H2,1H3/t13-/m1/s1. The molecule has 1 amide bonds. The number of hydrogen-bond acceptors (Lipinski definition) is 5. The van der Waals surface area contributed by atoms with Crippen molar-refractivity contribution in [3.8, 4) is 0 Å². The number of carbonyl (C=O) groups excluding carboxylic acids is 1. The minimum Gasteiger partial charge on any atom is -0.344 e. The van der Waals surface area contributed by atoms with Gasteiger partial charge in [-0.2, -0.15) is 0 Å². The highest BCUT2D eigenvalue weighted by atomic mass is 35.5. The average molecular weight is 343 g/mol. The van der Waals surface area contributed by atoms with Crippen LogP contribution in [0.4, 0.5) is 11.5 Å². The van der Waals surface area contributed by atoms with Crippen LogP contribution in [0.3, 0.4) is 0 Å². The molecule has 0 saturated carbocycles. The number of amides is 1. The van der Waals surface area contributed by atoms with E-state index < -0.39 is 0 Å². The van der Waals surface area contributed by atoms with Crippen LogP contribution in [0.5, 0.6) is 0 Å². The number of para-hydroxylation sites is 1. The predicted molar refractivity (Wildman–Crippen MR) is 91.4 cm³/mol. The molecule has 8 heteroatoms. The molecular formula is C16H15ClN6O. The van der Waals surface area contributed by atoms with E-state index in [-0.39, 0.29) is 11.9 Å². The normalized spacial score (nSPS) is 17.7. The second-order valence-corrected chi connectivity index (χ2v) is 6.08. The second kappa shape index (κ2) is 5.76. The molecule has 0 bridgehead atoms. The molecule has 3 heterocycles. The maximum Gasteiger partial charge on any atom is 0.249 e. The van der Waals surface area contributed by atoms with Crippen molar-refractivity contribution in [1.82, 2.24) is 19.6 Å². The largest absolute Gasteiger partial charge is 0.344 e. The lowest BCUT2D eigenvalue weighted by molar-refractivity contribution is -0.118. The molecule has 1 saturated heterocycles. The summed E-state index contributed by atoms with van der Waals surface area (Å²) in [5.74, 6) is 0.642. The molecule has 0 unspecified atom stereocenters. The van der Waals surface area contributed by atoms with Gasteiger partial charge < -0.3 is 9.80 Å². The molecule has 2 aromatic heterocycles. The summed E-state index contributed by atoms with van der Waals surface area (Å²) < 4.78 is 1.78. The first-order valence-electron chi connectivity index (χ1n) is 7.60. The van der Waals surface area contributed by atoms with Crippen LogP contribution in [0.1, 0.15) is 6.42 Å². The van der Waals surface area contributed by atoms with Gasteiger partial charge in [0, 0.05) is 26.0 Å². The van der Waals surface area contributed by atoms with E-state index in [0.29, 0.717) is 29.5 Å². The van der Waals surface area contributed by atoms with Gasteiger partial charge in [-0.15, -0.1) is 10.2 Å². The third-order valence-corrected chi connectivity index (χ3v) is 4.64. The third kappa shape index (κ3) is 2.28. The average Bonchev–Trinajstić information content (AvgIpc) is 3.21. The molecule has 1 fully saturated rings. The van der Waals surface area contributed by atoms with Gasteiger partial charge in [0.25, 0.3) is 0 Å². The third-order valence-electron chi connectivity index (χ3n) is 4.32. The Hall–Kier alpha value is -2.67. The van der Waals surface area contributed by atoms with Crippen LogP contribution in [0.15, 0.2) is 43.0 Å². The van der Waals surface area contributed by atoms with E-state index in [1.807, 2.05) is 30.1 Å². The van der Waals surface area contributed by atoms with Crippen LogP contribution < -0.4 is 9.80 Å². The zero-order valence-corrected chi connectivity index (χ0v) is 13.8. The van der Waals surface area contributed by atoms with Gasteiger partial charge >= 0.3 is 0 Å². The van der Waals surface area contributed by atoms with Crippen molar-refractivity contribution in [2.45, 2.75) is 12.5 Å². The summed E-state index contributed by atoms with van der Waals surface area (Å²) in [6, 6.07) is 7.08. The van der Waals surface area contributed by atoms with Gasteiger partial charge in [0.05, 0.1) is 10.7 Å². The van der Waals surface area contributed by atoms with Crippen molar-refractivity contribution >= 4 is 34.7 Å². The van der Waals surface area contributed by atoms with Crippen molar-refractivity contribution in [2.75, 3.05) is 23.4 Å². The van der Waals surface area contributed by atoms with E-state index in [1.54, 1.807) is 34.1 Å². The Morgan fingerprint density at radius 3 is 3.00 bits per heavy atom. The Labute approximate surface area is 143 Å². The SMILES string of the molecule is CN(c1nccn2cnnc12)[C@@H]1CCN(c2ccccc2Cl)C1=O. The lowest BCUT2D eigenvalue weighted by atomic mass is 10.2. The molecule has 0 radical (unpaired) electrons. The van der Waals surface area contributed by atoms with E-state index in [4.69, 9.17) is 11.6 Å². The van der Waals surface area contributed by atoms with E-state index in [2.05, 4.69) is 15.2 Å². The van der Waals surface area contributed by atoms with Crippen molar-refractivity contribution in [2.24, 2.45) is 0 Å². The van der Waals surface area contributed by atoms with Gasteiger partial charge in [0.15, 0.2) is 5.82 Å². The molecule has 0 spiro atoms. The summed E-state index contributed by atoms with van der Waals surface area (Å²) in [5, 5.41) is 8.56. The highest BCUT2D eigenvalue weighted by molar-refractivity contribution is 6.34. The Morgan fingerprint density at radius 1 is 1.33 bits per heavy atom. The van der Waals surface area contributed by atoms with Crippen LogP contribution in [0, 0.1) is 0 Å². The number of anilines is 2. The number of nitrogens with zero attached hydrogens (tertiary/aromatic N) is 6. The molecule has 1 aliphatic heterocycles. The summed E-state index contributed by atoms with van der Waals surface area (Å²) in [7, 11) is 1.86. The van der Waals surface area contributed by atoms with Gasteiger partial charge in [0.1, 0.15) is 12.4 Å². The number of carbonyl (C=O) groups is 1. The summed E-state index contributed by atoms with van der Waals surface area (Å²) in [6.07, 6.45) is 5.75. The van der Waals surface area contributed by atoms with Crippen molar-refractivity contribution in [3.63, 3.8) is 0 Å². The number of likely N-dealkylation sites (N-methyl/N-ethyl adjacent to an activating group) is 1. The maximum absolute atomic E-state index is 12.9. The smallest absolute Gasteiger partial charge is 0.249 e. The molecule has 122 valence electrons. The fraction of sp³-hybridized carbons (Fsp3) is 0.250. The first kappa shape index (κ1) is 14.9. The second-order valence-electron chi connectivity index (χ2n) is 5.67. The molecule has 3 aromatic rings. The first-order chi connectivity index (χ1) is 11.7. The summed E-state index contributed by atoms with van der Waals surface area (Å²) in [6.45, 7) is 0.618. The van der Waals surface area contributed by atoms with Gasteiger partial charge in [-0.25, -0.2) is 4.98 Å². The van der Waals surface area contributed by atoms with Crippen LogP contribution in [0.2, 0.25) is 5.02 Å². The molecule has 0 N–H and O–H groups in total. The quantitative estimate of drug-likeness (QED) is 0.728. The Kier molecular flexibility index (Phi) is 3.57. The fourth-order valence-electron chi connectivity index (χ4n) is 3.08. The molecule has 7 nitrogen and oxygen atoms in total. The zero-order chi connectivity index (χ0) is 16.7. The van der Waals surface area contributed by atoms with Gasteiger partial charge in [-0.1, -0.05) is 23.7 Å². The molecule has 1 atom stereocenters. The van der Waals surface area contributed by atoms with E-state index in [0.717, 1.165) is 5.69 Å². The lowest BCUT2D eigenvalue weighted by Crippen LogP contribution is -2.40. The minimum atomic E-state index is -0.309. The molecule has 4 rings (SSSR count). The summed E-state index contributed by atoms with van der Waals surface area (Å²) in [4.78, 5) is 20.9. The van der Waals surface area contributed by atoms with Crippen LogP contribution in [-0.4, -0.2) is 45.1 Å². The van der Waals surface area contributed by atoms with Crippen molar-refractivity contribution in [3.05, 3.63) is 48.0 Å². The molecule has 1 aliphatic rings. The van der Waals surface area contributed by atoms with Crippen LogP contribution >= 0.6 is 11.6 Å². The number of fused-ring (bicyclic) bond motifs is 1. The van der Waals surface area contributed by atoms with Crippen molar-refractivity contribution in [1.29, 1.82) is 0 Å². The molecular weight excluding hydrogens is 328 g/mol. The van der Waals surface area contributed by atoms with Gasteiger partial charge in [-0.3, -0.25) is 9.20 Å². The summed E-state index contributed by atoms with van der Waals surface area (Å²) in [5.41, 5.74) is 1.37. The van der Waals surface area contributed by atoms with E-state index >= 15 is 0 Å². The monoisotopic (exact) mass is 342 g/mol. The van der Waals surface area contributed by atoms with Gasteiger partial charge in [-0.05, 0) is 18.6 Å². The Bertz CT molecular complexity index is 910. The Balaban J connectivity index is 1.65. The van der Waals surface area contributed by atoms with Gasteiger partial charge in [0.2, 0.25) is 11.6 Å². The van der Waals surface area contributed by atoms with E-state index in [9.17, 15) is 4.79 Å². The zero-order valence-electron chi connectivity index (χ0n) is 13.0. The molecule has 24 heavy (non-hydrogen) atoms. The Morgan fingerprint density at radius 2 is 2.17 bits per heavy atom.